The Labute approximate surface area is 270 Å². The van der Waals surface area contributed by atoms with E-state index in [4.69, 9.17) is 9.84 Å². The number of aliphatic hydroxyl groups is 1. The molecule has 0 aromatic rings. The molecule has 1 N–H and O–H groups in total. The predicted molar refractivity (Wildman–Crippen MR) is 190 cm³/mol. The third-order valence-corrected chi connectivity index (χ3v) is 8.96. The van der Waals surface area contributed by atoms with Crippen LogP contribution in [0.3, 0.4) is 0 Å². The smallest absolute Gasteiger partial charge is 0.305 e. The van der Waals surface area contributed by atoms with Crippen molar-refractivity contribution >= 4 is 5.97 Å². The highest BCUT2D eigenvalue weighted by Crippen LogP contribution is 2.15. The van der Waals surface area contributed by atoms with Gasteiger partial charge in [-0.25, -0.2) is 0 Å². The van der Waals surface area contributed by atoms with Crippen molar-refractivity contribution in [1.29, 1.82) is 0 Å². The fourth-order valence-electron chi connectivity index (χ4n) is 5.99. The number of hydrogen-bond donors (Lipinski definition) is 1. The summed E-state index contributed by atoms with van der Waals surface area (Å²) in [5.74, 6) is 0.0129. The molecule has 0 amide bonds. The molecule has 0 atom stereocenters. The van der Waals surface area contributed by atoms with Crippen molar-refractivity contribution in [3.63, 3.8) is 0 Å². The Morgan fingerprint density at radius 2 is 0.767 bits per heavy atom. The lowest BCUT2D eigenvalue weighted by Gasteiger charge is -2.06. The van der Waals surface area contributed by atoms with Crippen LogP contribution in [0.25, 0.3) is 0 Å². The topological polar surface area (TPSA) is 46.5 Å². The van der Waals surface area contributed by atoms with Crippen LogP contribution in [0.1, 0.15) is 225 Å². The summed E-state index contributed by atoms with van der Waals surface area (Å²) in [6, 6.07) is 0. The first-order valence-electron chi connectivity index (χ1n) is 19.7. The van der Waals surface area contributed by atoms with Crippen LogP contribution in [-0.2, 0) is 9.53 Å². The summed E-state index contributed by atoms with van der Waals surface area (Å²) in [5, 5.41) is 8.79. The SMILES string of the molecule is CCCCCCCC/C=C\CCCCCCCC(=O)OCCCCCCCCCCCCCCCCCCCCCCO. The van der Waals surface area contributed by atoms with Crippen molar-refractivity contribution in [1.82, 2.24) is 0 Å². The van der Waals surface area contributed by atoms with Crippen molar-refractivity contribution < 1.29 is 14.6 Å². The molecule has 256 valence electrons. The Morgan fingerprint density at radius 3 is 1.16 bits per heavy atom. The van der Waals surface area contributed by atoms with Gasteiger partial charge in [-0.15, -0.1) is 0 Å². The third kappa shape index (κ3) is 39.1. The lowest BCUT2D eigenvalue weighted by atomic mass is 10.0. The van der Waals surface area contributed by atoms with E-state index in [0.29, 0.717) is 19.6 Å². The van der Waals surface area contributed by atoms with E-state index in [-0.39, 0.29) is 5.97 Å². The second-order valence-electron chi connectivity index (χ2n) is 13.3. The summed E-state index contributed by atoms with van der Waals surface area (Å²) < 4.78 is 5.45. The molecule has 3 nitrogen and oxygen atoms in total. The minimum atomic E-state index is 0.0129. The first-order valence-corrected chi connectivity index (χ1v) is 19.7. The quantitative estimate of drug-likeness (QED) is 0.0434. The van der Waals surface area contributed by atoms with Gasteiger partial charge in [0.25, 0.3) is 0 Å². The van der Waals surface area contributed by atoms with Gasteiger partial charge in [-0.1, -0.05) is 186 Å². The summed E-state index contributed by atoms with van der Waals surface area (Å²) in [7, 11) is 0. The Hall–Kier alpha value is -0.830. The highest BCUT2D eigenvalue weighted by molar-refractivity contribution is 5.69. The Balaban J connectivity index is 3.17. The lowest BCUT2D eigenvalue weighted by molar-refractivity contribution is -0.143. The van der Waals surface area contributed by atoms with Crippen LogP contribution in [-0.4, -0.2) is 24.3 Å². The average molecular weight is 607 g/mol. The monoisotopic (exact) mass is 607 g/mol. The fourth-order valence-corrected chi connectivity index (χ4v) is 5.99. The van der Waals surface area contributed by atoms with Crippen molar-refractivity contribution in [3.8, 4) is 0 Å². The first kappa shape index (κ1) is 42.2. The zero-order valence-electron chi connectivity index (χ0n) is 29.4. The van der Waals surface area contributed by atoms with E-state index in [0.717, 1.165) is 25.7 Å². The summed E-state index contributed by atoms with van der Waals surface area (Å²) in [6.07, 6.45) is 48.7. The molecule has 0 aliphatic heterocycles. The molecule has 0 aromatic carbocycles. The molecular weight excluding hydrogens is 528 g/mol. The molecule has 43 heavy (non-hydrogen) atoms. The zero-order chi connectivity index (χ0) is 31.2. The fraction of sp³-hybridized carbons (Fsp3) is 0.925. The van der Waals surface area contributed by atoms with Gasteiger partial charge in [0.05, 0.1) is 6.61 Å². The van der Waals surface area contributed by atoms with Gasteiger partial charge in [-0.05, 0) is 44.9 Å². The van der Waals surface area contributed by atoms with Crippen molar-refractivity contribution in [2.24, 2.45) is 0 Å². The van der Waals surface area contributed by atoms with E-state index in [1.807, 2.05) is 0 Å². The number of allylic oxidation sites excluding steroid dienone is 2. The molecule has 0 saturated carbocycles. The van der Waals surface area contributed by atoms with E-state index < -0.39 is 0 Å². The Morgan fingerprint density at radius 1 is 0.442 bits per heavy atom. The molecule has 0 fully saturated rings. The van der Waals surface area contributed by atoms with Crippen LogP contribution in [0.5, 0.6) is 0 Å². The summed E-state index contributed by atoms with van der Waals surface area (Å²) >= 11 is 0. The van der Waals surface area contributed by atoms with Crippen LogP contribution in [0.4, 0.5) is 0 Å². The van der Waals surface area contributed by atoms with Crippen molar-refractivity contribution in [3.05, 3.63) is 12.2 Å². The molecule has 0 saturated heterocycles. The number of hydrogen-bond acceptors (Lipinski definition) is 3. The van der Waals surface area contributed by atoms with Gasteiger partial charge in [-0.3, -0.25) is 4.79 Å². The van der Waals surface area contributed by atoms with E-state index in [9.17, 15) is 4.79 Å². The Kier molecular flexibility index (Phi) is 38.4. The molecular formula is C40H78O3. The number of rotatable bonds is 37. The molecule has 0 rings (SSSR count). The van der Waals surface area contributed by atoms with E-state index in [2.05, 4.69) is 19.1 Å². The van der Waals surface area contributed by atoms with Gasteiger partial charge in [0.15, 0.2) is 0 Å². The largest absolute Gasteiger partial charge is 0.466 e. The van der Waals surface area contributed by atoms with E-state index in [1.165, 1.54) is 186 Å². The van der Waals surface area contributed by atoms with Gasteiger partial charge in [0, 0.05) is 13.0 Å². The van der Waals surface area contributed by atoms with Gasteiger partial charge < -0.3 is 9.84 Å². The van der Waals surface area contributed by atoms with Crippen LogP contribution in [0.15, 0.2) is 12.2 Å². The molecule has 0 heterocycles. The minimum absolute atomic E-state index is 0.0129. The van der Waals surface area contributed by atoms with Crippen molar-refractivity contribution in [2.45, 2.75) is 225 Å². The van der Waals surface area contributed by atoms with Gasteiger partial charge in [-0.2, -0.15) is 0 Å². The third-order valence-electron chi connectivity index (χ3n) is 8.96. The van der Waals surface area contributed by atoms with E-state index >= 15 is 0 Å². The maximum absolute atomic E-state index is 11.9. The van der Waals surface area contributed by atoms with Crippen LogP contribution >= 0.6 is 0 Å². The zero-order valence-corrected chi connectivity index (χ0v) is 29.4. The molecule has 3 heteroatoms. The molecule has 0 aromatic heterocycles. The molecule has 0 spiro atoms. The second-order valence-corrected chi connectivity index (χ2v) is 13.3. The lowest BCUT2D eigenvalue weighted by Crippen LogP contribution is -2.05. The van der Waals surface area contributed by atoms with Gasteiger partial charge in [0.1, 0.15) is 0 Å². The highest BCUT2D eigenvalue weighted by atomic mass is 16.5. The van der Waals surface area contributed by atoms with Gasteiger partial charge in [0.2, 0.25) is 0 Å². The highest BCUT2D eigenvalue weighted by Gasteiger charge is 2.02. The maximum atomic E-state index is 11.9. The van der Waals surface area contributed by atoms with Crippen LogP contribution < -0.4 is 0 Å². The summed E-state index contributed by atoms with van der Waals surface area (Å²) in [6.45, 7) is 3.26. The first-order chi connectivity index (χ1) is 21.3. The van der Waals surface area contributed by atoms with Crippen LogP contribution in [0, 0.1) is 0 Å². The molecule has 0 radical (unpaired) electrons. The Bertz CT molecular complexity index is 544. The minimum Gasteiger partial charge on any atom is -0.466 e. The number of esters is 1. The number of carbonyl (C=O) groups is 1. The summed E-state index contributed by atoms with van der Waals surface area (Å²) in [5.41, 5.74) is 0. The van der Waals surface area contributed by atoms with Crippen molar-refractivity contribution in [2.75, 3.05) is 13.2 Å². The number of aliphatic hydroxyl groups excluding tert-OH is 1. The maximum Gasteiger partial charge on any atom is 0.305 e. The van der Waals surface area contributed by atoms with Gasteiger partial charge >= 0.3 is 5.97 Å². The molecule has 0 aliphatic carbocycles. The van der Waals surface area contributed by atoms with E-state index in [1.54, 1.807) is 0 Å². The average Bonchev–Trinajstić information content (AvgIpc) is 3.01. The molecule has 0 bridgehead atoms. The standard InChI is InChI=1S/C40H78O3/c1-2-3-4-5-6-7-8-9-16-19-22-25-28-31-34-37-40(42)43-39-36-33-30-27-24-21-18-15-13-11-10-12-14-17-20-23-26-29-32-35-38-41/h9,16,41H,2-8,10-15,17-39H2,1H3/b16-9-. The number of unbranched alkanes of at least 4 members (excludes halogenated alkanes) is 30. The summed E-state index contributed by atoms with van der Waals surface area (Å²) in [4.78, 5) is 11.9. The second kappa shape index (κ2) is 39.2. The normalized spacial score (nSPS) is 11.6. The number of ether oxygens (including phenoxy) is 1. The molecule has 0 aliphatic rings. The molecule has 0 unspecified atom stereocenters. The number of carbonyl (C=O) groups excluding carboxylic acids is 1. The van der Waals surface area contributed by atoms with Crippen LogP contribution in [0.2, 0.25) is 0 Å². The predicted octanol–water partition coefficient (Wildman–Crippen LogP) is 13.4.